The number of nitrogens with two attached hydrogens (primary N) is 3. The number of carbonyl (C=O) groups excluding carboxylic acids is 5. The lowest BCUT2D eigenvalue weighted by atomic mass is 10.0. The van der Waals surface area contributed by atoms with Gasteiger partial charge in [-0.1, -0.05) is 30.3 Å². The summed E-state index contributed by atoms with van der Waals surface area (Å²) >= 11 is 0. The molecule has 39 heavy (non-hydrogen) atoms. The van der Waals surface area contributed by atoms with Crippen LogP contribution in [0.15, 0.2) is 30.3 Å². The zero-order valence-corrected chi connectivity index (χ0v) is 21.1. The maximum absolute atomic E-state index is 13.2. The number of carbonyl (C=O) groups is 7. The molecule has 5 amide bonds. The Balaban J connectivity index is 3.12. The fraction of sp³-hybridized carbons (Fsp3) is 0.458. The van der Waals surface area contributed by atoms with Gasteiger partial charge in [-0.3, -0.25) is 28.8 Å². The zero-order chi connectivity index (χ0) is 29.5. The van der Waals surface area contributed by atoms with E-state index >= 15 is 0 Å². The van der Waals surface area contributed by atoms with Gasteiger partial charge in [0.2, 0.25) is 29.5 Å². The van der Waals surface area contributed by atoms with E-state index in [1.165, 1.54) is 0 Å². The van der Waals surface area contributed by atoms with Crippen LogP contribution < -0.4 is 33.2 Å². The van der Waals surface area contributed by atoms with Crippen LogP contribution in [0.1, 0.15) is 44.1 Å². The molecular weight excluding hydrogens is 516 g/mol. The monoisotopic (exact) mass is 550 g/mol. The van der Waals surface area contributed by atoms with Crippen molar-refractivity contribution in [1.82, 2.24) is 16.0 Å². The van der Waals surface area contributed by atoms with Crippen molar-refractivity contribution in [1.29, 1.82) is 0 Å². The average Bonchev–Trinajstić information content (AvgIpc) is 2.86. The first kappa shape index (κ1) is 32.5. The molecule has 0 fully saturated rings. The summed E-state index contributed by atoms with van der Waals surface area (Å²) in [5.41, 5.74) is 16.7. The third kappa shape index (κ3) is 13.0. The summed E-state index contributed by atoms with van der Waals surface area (Å²) in [4.78, 5) is 83.4. The highest BCUT2D eigenvalue weighted by Gasteiger charge is 2.31. The predicted molar refractivity (Wildman–Crippen MR) is 135 cm³/mol. The highest BCUT2D eigenvalue weighted by molar-refractivity contribution is 5.94. The second-order valence-corrected chi connectivity index (χ2v) is 8.76. The predicted octanol–water partition coefficient (Wildman–Crippen LogP) is -2.51. The maximum Gasteiger partial charge on any atom is 0.326 e. The van der Waals surface area contributed by atoms with E-state index in [9.17, 15) is 38.7 Å². The van der Waals surface area contributed by atoms with E-state index in [2.05, 4.69) is 16.0 Å². The normalized spacial score (nSPS) is 13.7. The topological polar surface area (TPSA) is 274 Å². The Hall–Kier alpha value is -4.53. The molecule has 0 heterocycles. The molecule has 15 nitrogen and oxygen atoms in total. The molecule has 0 saturated heterocycles. The number of benzene rings is 1. The maximum atomic E-state index is 13.2. The van der Waals surface area contributed by atoms with Crippen LogP contribution in [0.5, 0.6) is 0 Å². The van der Waals surface area contributed by atoms with Gasteiger partial charge in [-0.15, -0.1) is 0 Å². The zero-order valence-electron chi connectivity index (χ0n) is 21.1. The first-order valence-corrected chi connectivity index (χ1v) is 12.0. The molecule has 0 aliphatic carbocycles. The van der Waals surface area contributed by atoms with Crippen molar-refractivity contribution < 1.29 is 43.8 Å². The van der Waals surface area contributed by atoms with Crippen LogP contribution in [0.3, 0.4) is 0 Å². The summed E-state index contributed by atoms with van der Waals surface area (Å²) in [6.45, 7) is 0. The number of aliphatic carboxylic acids is 2. The molecule has 1 aromatic carbocycles. The van der Waals surface area contributed by atoms with Gasteiger partial charge in [0.15, 0.2) is 0 Å². The minimum Gasteiger partial charge on any atom is -0.481 e. The molecule has 4 unspecified atom stereocenters. The number of primary amides is 2. The fourth-order valence-electron chi connectivity index (χ4n) is 3.39. The van der Waals surface area contributed by atoms with Crippen molar-refractivity contribution in [2.24, 2.45) is 17.2 Å². The Morgan fingerprint density at radius 3 is 1.69 bits per heavy atom. The van der Waals surface area contributed by atoms with E-state index in [1.807, 2.05) is 0 Å². The lowest BCUT2D eigenvalue weighted by molar-refractivity contribution is -0.143. The van der Waals surface area contributed by atoms with Gasteiger partial charge < -0.3 is 43.4 Å². The number of rotatable bonds is 18. The van der Waals surface area contributed by atoms with Crippen LogP contribution in [-0.2, 0) is 40.0 Å². The van der Waals surface area contributed by atoms with Crippen LogP contribution in [0.25, 0.3) is 0 Å². The number of carboxylic acids is 2. The van der Waals surface area contributed by atoms with Gasteiger partial charge in [0.25, 0.3) is 0 Å². The van der Waals surface area contributed by atoms with Crippen molar-refractivity contribution in [3.63, 3.8) is 0 Å². The van der Waals surface area contributed by atoms with E-state index in [-0.39, 0.29) is 32.1 Å². The summed E-state index contributed by atoms with van der Waals surface area (Å²) in [5.74, 6) is -6.83. The van der Waals surface area contributed by atoms with Gasteiger partial charge >= 0.3 is 11.9 Å². The SMILES string of the molecule is NC(=O)CCC(N)C(=O)NC(Cc1ccccc1)C(=O)NC(CCC(N)=O)C(=O)NC(CCC(=O)O)C(=O)O. The number of carboxylic acid groups (broad SMARTS) is 2. The highest BCUT2D eigenvalue weighted by atomic mass is 16.4. The van der Waals surface area contributed by atoms with Crippen LogP contribution in [0.4, 0.5) is 0 Å². The minimum atomic E-state index is -1.58. The minimum absolute atomic E-state index is 0.0263. The van der Waals surface area contributed by atoms with Crippen LogP contribution in [0, 0.1) is 0 Å². The summed E-state index contributed by atoms with van der Waals surface area (Å²) in [7, 11) is 0. The molecule has 0 aromatic heterocycles. The first-order chi connectivity index (χ1) is 18.3. The van der Waals surface area contributed by atoms with Crippen molar-refractivity contribution >= 4 is 41.5 Å². The van der Waals surface area contributed by atoms with Crippen molar-refractivity contribution in [2.75, 3.05) is 0 Å². The number of amides is 5. The van der Waals surface area contributed by atoms with E-state index < -0.39 is 78.5 Å². The van der Waals surface area contributed by atoms with Gasteiger partial charge in [0, 0.05) is 25.7 Å². The van der Waals surface area contributed by atoms with Gasteiger partial charge in [-0.2, -0.15) is 0 Å². The molecule has 0 radical (unpaired) electrons. The molecule has 0 aliphatic rings. The molecule has 15 heteroatoms. The molecule has 0 saturated carbocycles. The molecule has 0 aliphatic heterocycles. The number of nitrogens with one attached hydrogen (secondary N) is 3. The van der Waals surface area contributed by atoms with Gasteiger partial charge in [0.05, 0.1) is 6.04 Å². The summed E-state index contributed by atoms with van der Waals surface area (Å²) in [6, 6.07) is 3.08. The van der Waals surface area contributed by atoms with Crippen LogP contribution in [0.2, 0.25) is 0 Å². The van der Waals surface area contributed by atoms with E-state index in [0.717, 1.165) is 0 Å². The lowest BCUT2D eigenvalue weighted by Crippen LogP contribution is -2.57. The molecule has 214 valence electrons. The summed E-state index contributed by atoms with van der Waals surface area (Å²) in [6.07, 6.45) is -1.88. The van der Waals surface area contributed by atoms with Crippen LogP contribution >= 0.6 is 0 Å². The Labute approximate surface area is 223 Å². The first-order valence-electron chi connectivity index (χ1n) is 12.0. The van der Waals surface area contributed by atoms with Crippen molar-refractivity contribution in [3.05, 3.63) is 35.9 Å². The van der Waals surface area contributed by atoms with Gasteiger partial charge in [-0.25, -0.2) is 4.79 Å². The van der Waals surface area contributed by atoms with Crippen molar-refractivity contribution in [3.8, 4) is 0 Å². The second kappa shape index (κ2) is 16.3. The van der Waals surface area contributed by atoms with E-state index in [4.69, 9.17) is 22.3 Å². The number of hydrogen-bond donors (Lipinski definition) is 8. The Morgan fingerprint density at radius 1 is 0.667 bits per heavy atom. The Kier molecular flexibility index (Phi) is 13.6. The molecule has 0 spiro atoms. The third-order valence-corrected chi connectivity index (χ3v) is 5.53. The lowest BCUT2D eigenvalue weighted by Gasteiger charge is -2.25. The summed E-state index contributed by atoms with van der Waals surface area (Å²) in [5, 5.41) is 25.2. The number of hydrogen-bond acceptors (Lipinski definition) is 8. The molecule has 1 aromatic rings. The Morgan fingerprint density at radius 2 is 1.15 bits per heavy atom. The molecule has 0 bridgehead atoms. The Bertz CT molecular complexity index is 1050. The molecule has 1 rings (SSSR count). The highest BCUT2D eigenvalue weighted by Crippen LogP contribution is 2.08. The van der Waals surface area contributed by atoms with Crippen molar-refractivity contribution in [2.45, 2.75) is 69.1 Å². The van der Waals surface area contributed by atoms with Gasteiger partial charge in [0.1, 0.15) is 18.1 Å². The summed E-state index contributed by atoms with van der Waals surface area (Å²) < 4.78 is 0. The smallest absolute Gasteiger partial charge is 0.326 e. The average molecular weight is 551 g/mol. The third-order valence-electron chi connectivity index (χ3n) is 5.53. The second-order valence-electron chi connectivity index (χ2n) is 8.76. The largest absolute Gasteiger partial charge is 0.481 e. The molecular formula is C24H34N6O9. The fourth-order valence-corrected chi connectivity index (χ4v) is 3.39. The van der Waals surface area contributed by atoms with E-state index in [1.54, 1.807) is 30.3 Å². The standard InChI is InChI=1S/C24H34N6O9/c25-14(6-9-18(26)31)21(35)30-17(12-13-4-2-1-3-5-13)23(37)28-15(7-10-19(27)32)22(36)29-16(24(38)39)8-11-20(33)34/h1-5,14-17H,6-12,25H2,(H2,26,31)(H2,27,32)(H,28,37)(H,29,36)(H,30,35)(H,33,34)(H,38,39). The van der Waals surface area contributed by atoms with Gasteiger partial charge in [-0.05, 0) is 24.8 Å². The molecule has 4 atom stereocenters. The molecule has 11 N–H and O–H groups in total. The quantitative estimate of drug-likeness (QED) is 0.0950. The van der Waals surface area contributed by atoms with Crippen LogP contribution in [-0.4, -0.2) is 75.9 Å². The van der Waals surface area contributed by atoms with E-state index in [0.29, 0.717) is 5.56 Å².